The van der Waals surface area contributed by atoms with Crippen LogP contribution in [0.25, 0.3) is 0 Å². The SMILES string of the molecule is CCOC(C(OCCC#N)C(COCCC#N)OCCC#N)C(OCCC#N)C(OCCC#N)C(COCCC#N)OCCC#N. The zero-order valence-corrected chi connectivity index (χ0v) is 26.4. The van der Waals surface area contributed by atoms with Crippen molar-refractivity contribution in [2.75, 3.05) is 66.1 Å². The van der Waals surface area contributed by atoms with Crippen molar-refractivity contribution in [3.05, 3.63) is 0 Å². The summed E-state index contributed by atoms with van der Waals surface area (Å²) in [6, 6.07) is 14.1. The summed E-state index contributed by atoms with van der Waals surface area (Å²) >= 11 is 0. The van der Waals surface area contributed by atoms with E-state index in [1.165, 1.54) is 0 Å². The standard InChI is InChI=1S/C31H43N7O8/c1-2-41-30(28(44-21-7-14-36)26(42-19-5-12-34)24-39-17-3-10-32)31(46-23-9-16-38)29(45-22-8-15-37)27(43-20-6-13-35)25-40-18-4-11-33/h26-31H,2-9,17-25H2,1H3. The molecule has 15 heteroatoms. The Bertz CT molecular complexity index is 1080. The first-order valence-electron chi connectivity index (χ1n) is 15.0. The molecule has 0 bridgehead atoms. The van der Waals surface area contributed by atoms with Crippen molar-refractivity contribution < 1.29 is 37.9 Å². The van der Waals surface area contributed by atoms with E-state index >= 15 is 0 Å². The normalized spacial score (nSPS) is 14.4. The fourth-order valence-corrected chi connectivity index (χ4v) is 4.12. The van der Waals surface area contributed by atoms with Gasteiger partial charge in [0.25, 0.3) is 0 Å². The minimum atomic E-state index is -1.05. The van der Waals surface area contributed by atoms with Crippen LogP contribution in [0.4, 0.5) is 0 Å². The molecular weight excluding hydrogens is 598 g/mol. The predicted molar refractivity (Wildman–Crippen MR) is 157 cm³/mol. The molecule has 0 fully saturated rings. The van der Waals surface area contributed by atoms with Gasteiger partial charge >= 0.3 is 0 Å². The lowest BCUT2D eigenvalue weighted by Crippen LogP contribution is -2.58. The van der Waals surface area contributed by atoms with Crippen LogP contribution in [0.5, 0.6) is 0 Å². The van der Waals surface area contributed by atoms with Gasteiger partial charge in [-0.3, -0.25) is 0 Å². The smallest absolute Gasteiger partial charge is 0.115 e. The van der Waals surface area contributed by atoms with Crippen molar-refractivity contribution in [3.8, 4) is 42.5 Å². The second kappa shape index (κ2) is 31.1. The van der Waals surface area contributed by atoms with Crippen LogP contribution in [0, 0.1) is 79.3 Å². The quantitative estimate of drug-likeness (QED) is 0.102. The number of rotatable bonds is 30. The Morgan fingerprint density at radius 1 is 0.370 bits per heavy atom. The third-order valence-electron chi connectivity index (χ3n) is 6.01. The topological polar surface area (TPSA) is 240 Å². The second-order valence-corrected chi connectivity index (χ2v) is 9.25. The molecule has 0 aliphatic carbocycles. The Hall–Kier alpha value is -3.89. The van der Waals surface area contributed by atoms with Crippen molar-refractivity contribution in [1.29, 1.82) is 36.8 Å². The number of hydrogen-bond acceptors (Lipinski definition) is 15. The van der Waals surface area contributed by atoms with Gasteiger partial charge < -0.3 is 37.9 Å². The largest absolute Gasteiger partial charge is 0.378 e. The Labute approximate surface area is 271 Å². The van der Waals surface area contributed by atoms with Gasteiger partial charge in [-0.1, -0.05) is 0 Å². The van der Waals surface area contributed by atoms with E-state index < -0.39 is 36.6 Å². The summed E-state index contributed by atoms with van der Waals surface area (Å²) in [7, 11) is 0. The summed E-state index contributed by atoms with van der Waals surface area (Å²) in [5.41, 5.74) is 0. The van der Waals surface area contributed by atoms with E-state index in [0.29, 0.717) is 0 Å². The number of hydrogen-bond donors (Lipinski definition) is 0. The van der Waals surface area contributed by atoms with Crippen LogP contribution in [0.3, 0.4) is 0 Å². The van der Waals surface area contributed by atoms with Gasteiger partial charge in [-0.15, -0.1) is 0 Å². The second-order valence-electron chi connectivity index (χ2n) is 9.25. The van der Waals surface area contributed by atoms with Crippen LogP contribution in [-0.4, -0.2) is 103 Å². The van der Waals surface area contributed by atoms with Gasteiger partial charge in [-0.25, -0.2) is 0 Å². The van der Waals surface area contributed by atoms with E-state index in [4.69, 9.17) is 58.9 Å². The highest BCUT2D eigenvalue weighted by Gasteiger charge is 2.45. The molecule has 0 saturated heterocycles. The summed E-state index contributed by atoms with van der Waals surface area (Å²) in [6.45, 7) is 1.92. The number of ether oxygens (including phenoxy) is 8. The number of nitriles is 7. The van der Waals surface area contributed by atoms with Crippen molar-refractivity contribution in [1.82, 2.24) is 0 Å². The molecule has 0 aromatic carbocycles. The molecule has 0 N–H and O–H groups in total. The lowest BCUT2D eigenvalue weighted by atomic mass is 9.95. The molecule has 0 aromatic heterocycles. The first-order chi connectivity index (χ1) is 22.6. The van der Waals surface area contributed by atoms with Crippen LogP contribution in [-0.2, 0) is 37.9 Å². The van der Waals surface area contributed by atoms with Gasteiger partial charge in [0.2, 0.25) is 0 Å². The Balaban J connectivity index is 6.97. The van der Waals surface area contributed by atoms with Crippen LogP contribution in [0.15, 0.2) is 0 Å². The molecule has 0 heterocycles. The first kappa shape index (κ1) is 42.1. The highest BCUT2D eigenvalue weighted by molar-refractivity contribution is 4.95. The van der Waals surface area contributed by atoms with E-state index in [9.17, 15) is 15.8 Å². The van der Waals surface area contributed by atoms with Gasteiger partial charge in [0.15, 0.2) is 0 Å². The third kappa shape index (κ3) is 19.5. The molecular formula is C31H43N7O8. The molecule has 0 rings (SSSR count). The average molecular weight is 642 g/mol. The summed E-state index contributed by atoms with van der Waals surface area (Å²) in [4.78, 5) is 0. The lowest BCUT2D eigenvalue weighted by Gasteiger charge is -2.41. The third-order valence-corrected chi connectivity index (χ3v) is 6.01. The van der Waals surface area contributed by atoms with E-state index in [2.05, 4.69) is 0 Å². The van der Waals surface area contributed by atoms with Gasteiger partial charge in [-0.2, -0.15) is 36.8 Å². The van der Waals surface area contributed by atoms with Gasteiger partial charge in [0, 0.05) is 6.61 Å². The van der Waals surface area contributed by atoms with Crippen LogP contribution >= 0.6 is 0 Å². The van der Waals surface area contributed by atoms with Crippen molar-refractivity contribution >= 4 is 0 Å². The van der Waals surface area contributed by atoms with Crippen molar-refractivity contribution in [2.24, 2.45) is 0 Å². The highest BCUT2D eigenvalue weighted by Crippen LogP contribution is 2.26. The minimum absolute atomic E-state index is 0.0121. The molecule has 0 aliphatic rings. The van der Waals surface area contributed by atoms with Gasteiger partial charge in [0.05, 0.1) is 147 Å². The first-order valence-corrected chi connectivity index (χ1v) is 15.0. The summed E-state index contributed by atoms with van der Waals surface area (Å²) in [6.07, 6.45) is -5.36. The summed E-state index contributed by atoms with van der Waals surface area (Å²) < 4.78 is 48.4. The maximum Gasteiger partial charge on any atom is 0.115 e. The van der Waals surface area contributed by atoms with Crippen molar-refractivity contribution in [2.45, 2.75) is 88.5 Å². The fourth-order valence-electron chi connectivity index (χ4n) is 4.12. The Morgan fingerprint density at radius 3 is 0.978 bits per heavy atom. The zero-order chi connectivity index (χ0) is 34.1. The molecule has 6 atom stereocenters. The molecule has 46 heavy (non-hydrogen) atoms. The van der Waals surface area contributed by atoms with Crippen LogP contribution < -0.4 is 0 Å². The predicted octanol–water partition coefficient (Wildman–Crippen LogP) is 2.75. The molecule has 0 amide bonds. The maximum atomic E-state index is 9.28. The minimum Gasteiger partial charge on any atom is -0.378 e. The fraction of sp³-hybridized carbons (Fsp3) is 0.774. The molecule has 6 unspecified atom stereocenters. The van der Waals surface area contributed by atoms with E-state index in [1.807, 2.05) is 42.5 Å². The van der Waals surface area contributed by atoms with Crippen LogP contribution in [0.2, 0.25) is 0 Å². The molecule has 0 spiro atoms. The van der Waals surface area contributed by atoms with E-state index in [0.717, 1.165) is 0 Å². The van der Waals surface area contributed by atoms with Gasteiger partial charge in [0.1, 0.15) is 36.6 Å². The number of nitrogens with zero attached hydrogens (tertiary/aromatic N) is 7. The average Bonchev–Trinajstić information content (AvgIpc) is 3.06. The molecule has 0 aromatic rings. The zero-order valence-electron chi connectivity index (χ0n) is 26.4. The molecule has 0 radical (unpaired) electrons. The summed E-state index contributed by atoms with van der Waals surface area (Å²) in [5.74, 6) is 0. The molecule has 0 saturated carbocycles. The van der Waals surface area contributed by atoms with Gasteiger partial charge in [-0.05, 0) is 6.92 Å². The highest BCUT2D eigenvalue weighted by atomic mass is 16.6. The lowest BCUT2D eigenvalue weighted by molar-refractivity contribution is -0.226. The molecule has 0 aliphatic heterocycles. The van der Waals surface area contributed by atoms with E-state index in [1.54, 1.807) is 6.92 Å². The van der Waals surface area contributed by atoms with Crippen molar-refractivity contribution in [3.63, 3.8) is 0 Å². The Kier molecular flexibility index (Phi) is 28.5. The monoisotopic (exact) mass is 641 g/mol. The summed E-state index contributed by atoms with van der Waals surface area (Å²) in [5, 5.41) is 63.9. The van der Waals surface area contributed by atoms with Crippen LogP contribution in [0.1, 0.15) is 51.9 Å². The molecule has 250 valence electrons. The maximum absolute atomic E-state index is 9.28. The molecule has 15 nitrogen and oxygen atoms in total. The Morgan fingerprint density at radius 2 is 0.652 bits per heavy atom. The van der Waals surface area contributed by atoms with E-state index in [-0.39, 0.29) is 111 Å².